The molecule has 0 atom stereocenters. The summed E-state index contributed by atoms with van der Waals surface area (Å²) in [5, 5.41) is 3.19. The third-order valence-corrected chi connectivity index (χ3v) is 4.57. The molecule has 0 aliphatic carbocycles. The minimum absolute atomic E-state index is 0.556. The quantitative estimate of drug-likeness (QED) is 0.888. The Balaban J connectivity index is 1.90. The molecule has 0 radical (unpaired) electrons. The molecule has 1 aromatic carbocycles. The van der Waals surface area contributed by atoms with Crippen LogP contribution in [0.2, 0.25) is 0 Å². The molecular formula is C17H25F3N2. The molecule has 22 heavy (non-hydrogen) atoms. The number of rotatable bonds is 5. The average Bonchev–Trinajstić information content (AvgIpc) is 2.47. The van der Waals surface area contributed by atoms with Crippen LogP contribution in [0.3, 0.4) is 0 Å². The molecule has 2 nitrogen and oxygen atoms in total. The fraction of sp³-hybridized carbons (Fsp3) is 0.647. The Labute approximate surface area is 130 Å². The van der Waals surface area contributed by atoms with Crippen molar-refractivity contribution in [3.05, 3.63) is 34.9 Å². The molecule has 0 aromatic heterocycles. The number of piperidine rings is 1. The number of halogens is 3. The maximum Gasteiger partial charge on any atom is 0.416 e. The van der Waals surface area contributed by atoms with E-state index in [9.17, 15) is 13.2 Å². The van der Waals surface area contributed by atoms with Crippen LogP contribution in [0, 0.1) is 12.8 Å². The van der Waals surface area contributed by atoms with Crippen LogP contribution in [0.15, 0.2) is 18.2 Å². The summed E-state index contributed by atoms with van der Waals surface area (Å²) in [4.78, 5) is 2.35. The highest BCUT2D eigenvalue weighted by Gasteiger charge is 2.30. The lowest BCUT2D eigenvalue weighted by molar-refractivity contribution is -0.137. The summed E-state index contributed by atoms with van der Waals surface area (Å²) in [7, 11) is 1.97. The van der Waals surface area contributed by atoms with E-state index in [1.54, 1.807) is 13.0 Å². The van der Waals surface area contributed by atoms with Crippen LogP contribution in [0.4, 0.5) is 13.2 Å². The van der Waals surface area contributed by atoms with E-state index in [1.807, 2.05) is 7.05 Å². The van der Waals surface area contributed by atoms with Gasteiger partial charge in [0, 0.05) is 6.54 Å². The Morgan fingerprint density at radius 3 is 2.45 bits per heavy atom. The van der Waals surface area contributed by atoms with E-state index >= 15 is 0 Å². The van der Waals surface area contributed by atoms with Gasteiger partial charge in [-0.25, -0.2) is 0 Å². The summed E-state index contributed by atoms with van der Waals surface area (Å²) in [6.07, 6.45) is -0.679. The molecule has 1 N–H and O–H groups in total. The number of nitrogens with zero attached hydrogens (tertiary/aromatic N) is 1. The van der Waals surface area contributed by atoms with Gasteiger partial charge in [-0.05, 0) is 82.0 Å². The van der Waals surface area contributed by atoms with Gasteiger partial charge in [0.25, 0.3) is 0 Å². The van der Waals surface area contributed by atoms with Gasteiger partial charge in [0.1, 0.15) is 0 Å². The lowest BCUT2D eigenvalue weighted by Gasteiger charge is -2.32. The van der Waals surface area contributed by atoms with E-state index in [4.69, 9.17) is 0 Å². The van der Waals surface area contributed by atoms with E-state index in [2.05, 4.69) is 10.2 Å². The summed E-state index contributed by atoms with van der Waals surface area (Å²) in [6.45, 7) is 5.65. The fourth-order valence-corrected chi connectivity index (χ4v) is 3.07. The zero-order valence-electron chi connectivity index (χ0n) is 13.3. The zero-order chi connectivity index (χ0) is 16.2. The Morgan fingerprint density at radius 1 is 1.23 bits per heavy atom. The molecular weight excluding hydrogens is 289 g/mol. The highest BCUT2D eigenvalue weighted by molar-refractivity contribution is 5.32. The largest absolute Gasteiger partial charge is 0.416 e. The second-order valence-electron chi connectivity index (χ2n) is 6.25. The van der Waals surface area contributed by atoms with Gasteiger partial charge >= 0.3 is 6.18 Å². The topological polar surface area (TPSA) is 15.3 Å². The number of benzene rings is 1. The van der Waals surface area contributed by atoms with Crippen LogP contribution in [0.1, 0.15) is 36.0 Å². The van der Waals surface area contributed by atoms with Crippen molar-refractivity contribution in [3.8, 4) is 0 Å². The molecule has 1 fully saturated rings. The highest BCUT2D eigenvalue weighted by atomic mass is 19.4. The molecule has 0 amide bonds. The van der Waals surface area contributed by atoms with Gasteiger partial charge in [0.15, 0.2) is 0 Å². The van der Waals surface area contributed by atoms with Crippen molar-refractivity contribution >= 4 is 0 Å². The van der Waals surface area contributed by atoms with Crippen molar-refractivity contribution in [2.24, 2.45) is 5.92 Å². The van der Waals surface area contributed by atoms with Gasteiger partial charge in [-0.2, -0.15) is 13.2 Å². The number of aryl methyl sites for hydroxylation is 1. The first-order valence-electron chi connectivity index (χ1n) is 7.94. The van der Waals surface area contributed by atoms with Crippen LogP contribution >= 0.6 is 0 Å². The second kappa shape index (κ2) is 7.47. The van der Waals surface area contributed by atoms with Crippen LogP contribution < -0.4 is 5.32 Å². The molecule has 1 aromatic rings. The van der Waals surface area contributed by atoms with E-state index in [0.717, 1.165) is 43.2 Å². The van der Waals surface area contributed by atoms with Gasteiger partial charge in [-0.1, -0.05) is 6.07 Å². The lowest BCUT2D eigenvalue weighted by Crippen LogP contribution is -2.34. The van der Waals surface area contributed by atoms with E-state index in [0.29, 0.717) is 0 Å². The van der Waals surface area contributed by atoms with Crippen molar-refractivity contribution in [1.82, 2.24) is 10.2 Å². The lowest BCUT2D eigenvalue weighted by atomic mass is 9.93. The third-order valence-electron chi connectivity index (χ3n) is 4.57. The first-order valence-corrected chi connectivity index (χ1v) is 7.94. The van der Waals surface area contributed by atoms with Crippen LogP contribution in [-0.4, -0.2) is 31.6 Å². The molecule has 1 aliphatic rings. The second-order valence-corrected chi connectivity index (χ2v) is 6.25. The Kier molecular flexibility index (Phi) is 5.87. The van der Waals surface area contributed by atoms with Crippen molar-refractivity contribution in [2.75, 3.05) is 26.7 Å². The number of alkyl halides is 3. The summed E-state index contributed by atoms with van der Waals surface area (Å²) in [6, 6.07) is 4.09. The van der Waals surface area contributed by atoms with Crippen LogP contribution in [0.5, 0.6) is 0 Å². The molecule has 0 saturated carbocycles. The van der Waals surface area contributed by atoms with Crippen molar-refractivity contribution in [1.29, 1.82) is 0 Å². The van der Waals surface area contributed by atoms with Gasteiger partial charge < -0.3 is 5.32 Å². The first kappa shape index (κ1) is 17.3. The molecule has 1 heterocycles. The molecule has 0 spiro atoms. The highest BCUT2D eigenvalue weighted by Crippen LogP contribution is 2.31. The minimum atomic E-state index is -4.26. The summed E-state index contributed by atoms with van der Waals surface area (Å²) < 4.78 is 38.1. The van der Waals surface area contributed by atoms with Gasteiger partial charge in [0.05, 0.1) is 5.56 Å². The van der Waals surface area contributed by atoms with Gasteiger partial charge in [-0.15, -0.1) is 0 Å². The summed E-state index contributed by atoms with van der Waals surface area (Å²) in [5.74, 6) is 0.775. The standard InChI is InChI=1S/C17H25F3N2/c1-13-11-16(17(18,19)20)4-3-15(13)12-22-9-6-14(7-10-22)5-8-21-2/h3-4,11,14,21H,5-10,12H2,1-2H3. The number of likely N-dealkylation sites (tertiary alicyclic amines) is 1. The van der Waals surface area contributed by atoms with Crippen LogP contribution in [-0.2, 0) is 12.7 Å². The zero-order valence-corrected chi connectivity index (χ0v) is 13.3. The molecule has 0 bridgehead atoms. The average molecular weight is 314 g/mol. The molecule has 1 aliphatic heterocycles. The Bertz CT molecular complexity index is 477. The molecule has 124 valence electrons. The molecule has 1 saturated heterocycles. The summed E-state index contributed by atoms with van der Waals surface area (Å²) >= 11 is 0. The molecule has 5 heteroatoms. The first-order chi connectivity index (χ1) is 10.4. The Hall–Kier alpha value is -1.07. The number of nitrogens with one attached hydrogen (secondary N) is 1. The predicted molar refractivity (Wildman–Crippen MR) is 82.7 cm³/mol. The SMILES string of the molecule is CNCCC1CCN(Cc2ccc(C(F)(F)F)cc2C)CC1. The maximum absolute atomic E-state index is 12.7. The predicted octanol–water partition coefficient (Wildman–Crippen LogP) is 3.84. The normalized spacial score (nSPS) is 17.9. The van der Waals surface area contributed by atoms with E-state index in [-0.39, 0.29) is 0 Å². The molecule has 0 unspecified atom stereocenters. The smallest absolute Gasteiger partial charge is 0.320 e. The molecule has 2 rings (SSSR count). The minimum Gasteiger partial charge on any atom is -0.320 e. The Morgan fingerprint density at radius 2 is 1.91 bits per heavy atom. The monoisotopic (exact) mass is 314 g/mol. The van der Waals surface area contributed by atoms with Crippen molar-refractivity contribution in [3.63, 3.8) is 0 Å². The van der Waals surface area contributed by atoms with E-state index < -0.39 is 11.7 Å². The maximum atomic E-state index is 12.7. The fourth-order valence-electron chi connectivity index (χ4n) is 3.07. The summed E-state index contributed by atoms with van der Waals surface area (Å²) in [5.41, 5.74) is 1.17. The van der Waals surface area contributed by atoms with Gasteiger partial charge in [-0.3, -0.25) is 4.90 Å². The van der Waals surface area contributed by atoms with Crippen LogP contribution in [0.25, 0.3) is 0 Å². The number of hydrogen-bond acceptors (Lipinski definition) is 2. The third kappa shape index (κ3) is 4.71. The van der Waals surface area contributed by atoms with Crippen molar-refractivity contribution < 1.29 is 13.2 Å². The van der Waals surface area contributed by atoms with Crippen molar-refractivity contribution in [2.45, 2.75) is 38.9 Å². The number of hydrogen-bond donors (Lipinski definition) is 1. The van der Waals surface area contributed by atoms with Gasteiger partial charge in [0.2, 0.25) is 0 Å². The van der Waals surface area contributed by atoms with E-state index in [1.165, 1.54) is 31.4 Å².